The highest BCUT2D eigenvalue weighted by Crippen LogP contribution is 2.26. The standard InChI is InChI=1S/C19H16N2O3S/c1-3-5-15(4-2)24-17-7-6-16(25-17)12-20-18(22)14-10-13-8-9-23-19(13)21-11-14/h3-11H,1-2,12H2,(H,20,22)/b15-5+. The van der Waals surface area contributed by atoms with Crippen molar-refractivity contribution in [2.24, 2.45) is 0 Å². The van der Waals surface area contributed by atoms with Crippen molar-refractivity contribution in [2.75, 3.05) is 0 Å². The van der Waals surface area contributed by atoms with E-state index in [1.54, 1.807) is 36.6 Å². The zero-order chi connectivity index (χ0) is 17.6. The number of thiophene rings is 1. The van der Waals surface area contributed by atoms with Crippen LogP contribution in [0.1, 0.15) is 15.2 Å². The maximum absolute atomic E-state index is 12.3. The molecule has 3 aromatic rings. The highest BCUT2D eigenvalue weighted by Gasteiger charge is 2.09. The van der Waals surface area contributed by atoms with Gasteiger partial charge in [0.25, 0.3) is 5.91 Å². The predicted molar refractivity (Wildman–Crippen MR) is 98.6 cm³/mol. The van der Waals surface area contributed by atoms with Crippen molar-refractivity contribution in [3.8, 4) is 5.06 Å². The van der Waals surface area contributed by atoms with Gasteiger partial charge in [-0.15, -0.1) is 11.3 Å². The van der Waals surface area contributed by atoms with Crippen molar-refractivity contribution in [1.82, 2.24) is 10.3 Å². The molecule has 0 radical (unpaired) electrons. The van der Waals surface area contributed by atoms with Gasteiger partial charge in [0.15, 0.2) is 5.06 Å². The molecule has 3 rings (SSSR count). The van der Waals surface area contributed by atoms with Crippen LogP contribution in [0.4, 0.5) is 0 Å². The van der Waals surface area contributed by atoms with Crippen molar-refractivity contribution in [3.63, 3.8) is 0 Å². The van der Waals surface area contributed by atoms with E-state index >= 15 is 0 Å². The molecule has 6 heteroatoms. The first-order chi connectivity index (χ1) is 12.2. The molecule has 0 saturated heterocycles. The van der Waals surface area contributed by atoms with E-state index in [0.717, 1.165) is 15.3 Å². The molecule has 0 saturated carbocycles. The van der Waals surface area contributed by atoms with Crippen LogP contribution in [0.25, 0.3) is 11.1 Å². The van der Waals surface area contributed by atoms with E-state index < -0.39 is 0 Å². The molecule has 0 aliphatic carbocycles. The molecule has 1 amide bonds. The predicted octanol–water partition coefficient (Wildman–Crippen LogP) is 4.45. The van der Waals surface area contributed by atoms with Gasteiger partial charge in [-0.2, -0.15) is 0 Å². The number of nitrogens with one attached hydrogen (secondary N) is 1. The van der Waals surface area contributed by atoms with Crippen LogP contribution in [0.3, 0.4) is 0 Å². The molecule has 1 N–H and O–H groups in total. The van der Waals surface area contributed by atoms with Gasteiger partial charge in [0.2, 0.25) is 5.71 Å². The number of aromatic nitrogens is 1. The number of fused-ring (bicyclic) bond motifs is 1. The summed E-state index contributed by atoms with van der Waals surface area (Å²) in [5.74, 6) is 0.428. The van der Waals surface area contributed by atoms with Crippen LogP contribution in [0.5, 0.6) is 5.06 Å². The van der Waals surface area contributed by atoms with E-state index in [-0.39, 0.29) is 5.91 Å². The first-order valence-corrected chi connectivity index (χ1v) is 8.34. The number of allylic oxidation sites excluding steroid dienone is 3. The summed E-state index contributed by atoms with van der Waals surface area (Å²) in [7, 11) is 0. The molecule has 5 nitrogen and oxygen atoms in total. The summed E-state index contributed by atoms with van der Waals surface area (Å²) in [4.78, 5) is 17.3. The Kier molecular flexibility index (Phi) is 5.11. The normalized spacial score (nSPS) is 11.3. The van der Waals surface area contributed by atoms with E-state index in [0.29, 0.717) is 23.6 Å². The molecule has 126 valence electrons. The topological polar surface area (TPSA) is 64.4 Å². The fourth-order valence-corrected chi connectivity index (χ4v) is 2.95. The summed E-state index contributed by atoms with van der Waals surface area (Å²) in [6, 6.07) is 7.29. The van der Waals surface area contributed by atoms with Crippen molar-refractivity contribution in [3.05, 3.63) is 84.3 Å². The van der Waals surface area contributed by atoms with Gasteiger partial charge >= 0.3 is 0 Å². The molecule has 0 atom stereocenters. The molecule has 3 aromatic heterocycles. The van der Waals surface area contributed by atoms with Crippen LogP contribution in [0.2, 0.25) is 0 Å². The SMILES string of the molecule is C=C/C=C(\C=C)Oc1ccc(CNC(=O)c2cnc3occc3c2)s1. The van der Waals surface area contributed by atoms with Crippen LogP contribution < -0.4 is 10.1 Å². The third-order valence-corrected chi connectivity index (χ3v) is 4.29. The Bertz CT molecular complexity index is 952. The Hall–Kier alpha value is -3.12. The number of furan rings is 1. The summed E-state index contributed by atoms with van der Waals surface area (Å²) < 4.78 is 10.8. The fraction of sp³-hybridized carbons (Fsp3) is 0.0526. The van der Waals surface area contributed by atoms with Gasteiger partial charge in [-0.05, 0) is 36.4 Å². The number of carbonyl (C=O) groups excluding carboxylic acids is 1. The zero-order valence-electron chi connectivity index (χ0n) is 13.4. The van der Waals surface area contributed by atoms with E-state index in [1.165, 1.54) is 17.5 Å². The number of hydrogen-bond acceptors (Lipinski definition) is 5. The monoisotopic (exact) mass is 352 g/mol. The van der Waals surface area contributed by atoms with Crippen molar-refractivity contribution >= 4 is 28.3 Å². The lowest BCUT2D eigenvalue weighted by Gasteiger charge is -2.04. The fourth-order valence-electron chi connectivity index (χ4n) is 2.14. The second-order valence-corrected chi connectivity index (χ2v) is 6.18. The minimum atomic E-state index is -0.190. The lowest BCUT2D eigenvalue weighted by Crippen LogP contribution is -2.22. The third-order valence-electron chi connectivity index (χ3n) is 3.33. The largest absolute Gasteiger partial charge is 0.447 e. The Morgan fingerprint density at radius 3 is 3.04 bits per heavy atom. The van der Waals surface area contributed by atoms with Crippen molar-refractivity contribution < 1.29 is 13.9 Å². The maximum atomic E-state index is 12.3. The van der Waals surface area contributed by atoms with Gasteiger partial charge in [-0.25, -0.2) is 4.98 Å². The van der Waals surface area contributed by atoms with Crippen LogP contribution in [0, 0.1) is 0 Å². The van der Waals surface area contributed by atoms with Crippen LogP contribution in [-0.4, -0.2) is 10.9 Å². The highest BCUT2D eigenvalue weighted by molar-refractivity contribution is 7.13. The smallest absolute Gasteiger partial charge is 0.253 e. The van der Waals surface area contributed by atoms with Crippen LogP contribution >= 0.6 is 11.3 Å². The molecule has 0 bridgehead atoms. The highest BCUT2D eigenvalue weighted by atomic mass is 32.1. The van der Waals surface area contributed by atoms with Gasteiger partial charge in [0.1, 0.15) is 5.76 Å². The van der Waals surface area contributed by atoms with Gasteiger partial charge in [0, 0.05) is 16.5 Å². The molecule has 0 spiro atoms. The number of hydrogen-bond donors (Lipinski definition) is 1. The first-order valence-electron chi connectivity index (χ1n) is 7.53. The summed E-state index contributed by atoms with van der Waals surface area (Å²) in [6.07, 6.45) is 8.02. The number of pyridine rings is 1. The molecule has 0 unspecified atom stereocenters. The Balaban J connectivity index is 1.61. The van der Waals surface area contributed by atoms with Crippen LogP contribution in [0.15, 0.2) is 78.3 Å². The number of amides is 1. The average Bonchev–Trinajstić information content (AvgIpc) is 3.27. The summed E-state index contributed by atoms with van der Waals surface area (Å²) in [5, 5.41) is 4.39. The van der Waals surface area contributed by atoms with Crippen molar-refractivity contribution in [2.45, 2.75) is 6.54 Å². The minimum Gasteiger partial charge on any atom is -0.447 e. The van der Waals surface area contributed by atoms with E-state index in [1.807, 2.05) is 12.1 Å². The molecule has 0 fully saturated rings. The van der Waals surface area contributed by atoms with Crippen molar-refractivity contribution in [1.29, 1.82) is 0 Å². The third kappa shape index (κ3) is 4.05. The Morgan fingerprint density at radius 1 is 1.36 bits per heavy atom. The lowest BCUT2D eigenvalue weighted by atomic mass is 10.2. The zero-order valence-corrected chi connectivity index (χ0v) is 14.2. The number of carbonyl (C=O) groups is 1. The van der Waals surface area contributed by atoms with E-state index in [2.05, 4.69) is 23.5 Å². The van der Waals surface area contributed by atoms with Gasteiger partial charge in [-0.3, -0.25) is 4.79 Å². The summed E-state index contributed by atoms with van der Waals surface area (Å²) in [5.41, 5.74) is 1.01. The number of rotatable bonds is 7. The average molecular weight is 352 g/mol. The Morgan fingerprint density at radius 2 is 2.24 bits per heavy atom. The molecule has 3 heterocycles. The van der Waals surface area contributed by atoms with Gasteiger partial charge in [-0.1, -0.05) is 19.2 Å². The summed E-state index contributed by atoms with van der Waals surface area (Å²) >= 11 is 1.45. The number of ether oxygens (including phenoxy) is 1. The molecular formula is C19H16N2O3S. The molecule has 0 aromatic carbocycles. The molecule has 25 heavy (non-hydrogen) atoms. The van der Waals surface area contributed by atoms with Gasteiger partial charge < -0.3 is 14.5 Å². The lowest BCUT2D eigenvalue weighted by molar-refractivity contribution is 0.0951. The maximum Gasteiger partial charge on any atom is 0.253 e. The minimum absolute atomic E-state index is 0.190. The molecular weight excluding hydrogens is 336 g/mol. The quantitative estimate of drug-likeness (QED) is 0.504. The molecule has 0 aliphatic rings. The van der Waals surface area contributed by atoms with E-state index in [4.69, 9.17) is 9.15 Å². The molecule has 0 aliphatic heterocycles. The van der Waals surface area contributed by atoms with E-state index in [9.17, 15) is 4.79 Å². The number of nitrogens with zero attached hydrogens (tertiary/aromatic N) is 1. The second kappa shape index (κ2) is 7.63. The van der Waals surface area contributed by atoms with Gasteiger partial charge in [0.05, 0.1) is 18.4 Å². The summed E-state index contributed by atoms with van der Waals surface area (Å²) in [6.45, 7) is 7.72. The Labute approximate surface area is 149 Å². The second-order valence-electron chi connectivity index (χ2n) is 5.05. The van der Waals surface area contributed by atoms with Crippen LogP contribution in [-0.2, 0) is 6.54 Å². The first kappa shape index (κ1) is 16.7.